The maximum Gasteiger partial charge on any atom is 0.201 e. The highest BCUT2D eigenvalue weighted by molar-refractivity contribution is 5.95. The summed E-state index contributed by atoms with van der Waals surface area (Å²) in [6.45, 7) is 0.574. The van der Waals surface area contributed by atoms with E-state index in [1.165, 1.54) is 12.1 Å². The Morgan fingerprint density at radius 2 is 2.33 bits per heavy atom. The van der Waals surface area contributed by atoms with Gasteiger partial charge in [0.15, 0.2) is 5.76 Å². The van der Waals surface area contributed by atoms with E-state index in [-0.39, 0.29) is 18.0 Å². The quantitative estimate of drug-likeness (QED) is 0.758. The Morgan fingerprint density at radius 1 is 1.47 bits per heavy atom. The first-order chi connectivity index (χ1) is 7.25. The van der Waals surface area contributed by atoms with Crippen LogP contribution in [0.25, 0.3) is 0 Å². The summed E-state index contributed by atoms with van der Waals surface area (Å²) in [6.07, 6.45) is 2.76. The van der Waals surface area contributed by atoms with E-state index in [1.807, 2.05) is 0 Å². The molecule has 78 valence electrons. The normalized spacial score (nSPS) is 14.6. The van der Waals surface area contributed by atoms with Gasteiger partial charge in [0.05, 0.1) is 6.61 Å². The van der Waals surface area contributed by atoms with Crippen LogP contribution in [0.5, 0.6) is 0 Å². The predicted molar refractivity (Wildman–Crippen MR) is 53.8 cm³/mol. The van der Waals surface area contributed by atoms with Crippen LogP contribution in [0.3, 0.4) is 0 Å². The molecule has 0 amide bonds. The van der Waals surface area contributed by atoms with Crippen molar-refractivity contribution >= 4 is 5.78 Å². The molecular weight excluding hydrogens is 195 g/mol. The van der Waals surface area contributed by atoms with E-state index in [0.29, 0.717) is 17.9 Å². The number of carbonyl (C=O) groups excluding carboxylic acids is 1. The summed E-state index contributed by atoms with van der Waals surface area (Å²) >= 11 is 0. The van der Waals surface area contributed by atoms with Gasteiger partial charge < -0.3 is 4.74 Å². The summed E-state index contributed by atoms with van der Waals surface area (Å²) < 4.78 is 18.0. The zero-order valence-corrected chi connectivity index (χ0v) is 8.20. The first-order valence-corrected chi connectivity index (χ1v) is 4.86. The molecule has 1 aliphatic heterocycles. The molecule has 2 nitrogen and oxygen atoms in total. The summed E-state index contributed by atoms with van der Waals surface area (Å²) in [5, 5.41) is 0. The Labute approximate surface area is 87.4 Å². The minimum Gasteiger partial charge on any atom is -0.490 e. The number of ether oxygens (including phenoxy) is 1. The number of hydrogen-bond acceptors (Lipinski definition) is 2. The van der Waals surface area contributed by atoms with Gasteiger partial charge in [0, 0.05) is 12.8 Å². The van der Waals surface area contributed by atoms with Crippen LogP contribution in [0.1, 0.15) is 12.0 Å². The van der Waals surface area contributed by atoms with Gasteiger partial charge in [0.25, 0.3) is 0 Å². The van der Waals surface area contributed by atoms with E-state index in [2.05, 4.69) is 0 Å². The lowest BCUT2D eigenvalue weighted by Gasteiger charge is -2.02. The highest BCUT2D eigenvalue weighted by Crippen LogP contribution is 2.13. The fourth-order valence-electron chi connectivity index (χ4n) is 1.53. The van der Waals surface area contributed by atoms with Crippen LogP contribution in [-0.4, -0.2) is 12.4 Å². The number of benzene rings is 1. The lowest BCUT2D eigenvalue weighted by atomic mass is 10.1. The summed E-state index contributed by atoms with van der Waals surface area (Å²) in [6, 6.07) is 6.06. The van der Waals surface area contributed by atoms with Crippen LogP contribution >= 0.6 is 0 Å². The Hall–Kier alpha value is -1.64. The van der Waals surface area contributed by atoms with Crippen LogP contribution < -0.4 is 0 Å². The van der Waals surface area contributed by atoms with Gasteiger partial charge in [-0.05, 0) is 23.8 Å². The number of allylic oxidation sites excluding steroid dienone is 1. The molecule has 0 saturated carbocycles. The van der Waals surface area contributed by atoms with E-state index in [9.17, 15) is 9.18 Å². The Kier molecular flexibility index (Phi) is 2.81. The number of Topliss-reactive ketones (excluding diaryl/α,β-unsaturated/α-hetero) is 1. The monoisotopic (exact) mass is 206 g/mol. The van der Waals surface area contributed by atoms with E-state index in [4.69, 9.17) is 4.74 Å². The van der Waals surface area contributed by atoms with Crippen molar-refractivity contribution in [2.45, 2.75) is 12.8 Å². The van der Waals surface area contributed by atoms with Crippen molar-refractivity contribution in [1.82, 2.24) is 0 Å². The molecule has 0 radical (unpaired) electrons. The van der Waals surface area contributed by atoms with Gasteiger partial charge in [0.1, 0.15) is 5.82 Å². The molecule has 0 aliphatic carbocycles. The number of ketones is 1. The summed E-state index contributed by atoms with van der Waals surface area (Å²) in [5.41, 5.74) is 0.677. The fraction of sp³-hybridized carbons (Fsp3) is 0.250. The molecule has 0 aromatic heterocycles. The number of hydrogen-bond donors (Lipinski definition) is 0. The van der Waals surface area contributed by atoms with Gasteiger partial charge in [0.2, 0.25) is 5.78 Å². The Bertz CT molecular complexity index is 410. The van der Waals surface area contributed by atoms with Gasteiger partial charge in [-0.2, -0.15) is 0 Å². The summed E-state index contributed by atoms with van der Waals surface area (Å²) in [7, 11) is 0. The third-order valence-corrected chi connectivity index (χ3v) is 2.23. The van der Waals surface area contributed by atoms with Crippen LogP contribution in [-0.2, 0) is 16.0 Å². The number of halogens is 1. The van der Waals surface area contributed by atoms with E-state index in [0.717, 1.165) is 6.42 Å². The zero-order chi connectivity index (χ0) is 10.7. The topological polar surface area (TPSA) is 26.3 Å². The number of carbonyl (C=O) groups is 1. The second-order valence-electron chi connectivity index (χ2n) is 3.44. The molecule has 0 atom stereocenters. The average Bonchev–Trinajstić information content (AvgIpc) is 2.70. The van der Waals surface area contributed by atoms with Crippen LogP contribution in [0.4, 0.5) is 4.39 Å². The predicted octanol–water partition coefficient (Wildman–Crippen LogP) is 2.24. The van der Waals surface area contributed by atoms with Gasteiger partial charge in [-0.15, -0.1) is 0 Å². The molecule has 1 aromatic rings. The van der Waals surface area contributed by atoms with Gasteiger partial charge >= 0.3 is 0 Å². The maximum atomic E-state index is 12.8. The minimum atomic E-state index is -0.318. The third-order valence-electron chi connectivity index (χ3n) is 2.23. The molecule has 1 heterocycles. The van der Waals surface area contributed by atoms with Crippen molar-refractivity contribution in [2.24, 2.45) is 0 Å². The standard InChI is InChI=1S/C12H11FO2/c13-10-4-1-3-9(7-10)8-11(14)12-5-2-6-15-12/h1,3-5,7H,2,6,8H2. The average molecular weight is 206 g/mol. The summed E-state index contributed by atoms with van der Waals surface area (Å²) in [4.78, 5) is 11.6. The van der Waals surface area contributed by atoms with Crippen LogP contribution in [0.15, 0.2) is 36.1 Å². The second-order valence-corrected chi connectivity index (χ2v) is 3.44. The number of rotatable bonds is 3. The van der Waals surface area contributed by atoms with E-state index in [1.54, 1.807) is 18.2 Å². The van der Waals surface area contributed by atoms with Crippen molar-refractivity contribution in [2.75, 3.05) is 6.61 Å². The molecule has 1 aromatic carbocycles. The van der Waals surface area contributed by atoms with E-state index < -0.39 is 0 Å². The van der Waals surface area contributed by atoms with Crippen molar-refractivity contribution in [3.05, 3.63) is 47.5 Å². The first-order valence-electron chi connectivity index (χ1n) is 4.86. The van der Waals surface area contributed by atoms with E-state index >= 15 is 0 Å². The molecule has 0 N–H and O–H groups in total. The Balaban J connectivity index is 2.05. The van der Waals surface area contributed by atoms with Crippen molar-refractivity contribution in [3.8, 4) is 0 Å². The smallest absolute Gasteiger partial charge is 0.201 e. The molecule has 15 heavy (non-hydrogen) atoms. The molecule has 0 bridgehead atoms. The van der Waals surface area contributed by atoms with Gasteiger partial charge in [-0.3, -0.25) is 4.79 Å². The molecule has 1 aliphatic rings. The van der Waals surface area contributed by atoms with Crippen LogP contribution in [0.2, 0.25) is 0 Å². The largest absolute Gasteiger partial charge is 0.490 e. The first kappa shape index (κ1) is 9.90. The molecule has 0 unspecified atom stereocenters. The molecule has 3 heteroatoms. The Morgan fingerprint density at radius 3 is 3.00 bits per heavy atom. The summed E-state index contributed by atoms with van der Waals surface area (Å²) in [5.74, 6) is 0.0129. The fourth-order valence-corrected chi connectivity index (χ4v) is 1.53. The molecule has 0 spiro atoms. The zero-order valence-electron chi connectivity index (χ0n) is 8.20. The van der Waals surface area contributed by atoms with Gasteiger partial charge in [-0.25, -0.2) is 4.39 Å². The van der Waals surface area contributed by atoms with Crippen molar-refractivity contribution in [3.63, 3.8) is 0 Å². The highest BCUT2D eigenvalue weighted by Gasteiger charge is 2.15. The maximum absolute atomic E-state index is 12.8. The SMILES string of the molecule is O=C(Cc1cccc(F)c1)C1=CCCO1. The van der Waals surface area contributed by atoms with Crippen LogP contribution in [0, 0.1) is 5.82 Å². The van der Waals surface area contributed by atoms with Crippen molar-refractivity contribution < 1.29 is 13.9 Å². The molecule has 2 rings (SSSR count). The lowest BCUT2D eigenvalue weighted by Crippen LogP contribution is -2.06. The molecule has 0 saturated heterocycles. The highest BCUT2D eigenvalue weighted by atomic mass is 19.1. The van der Waals surface area contributed by atoms with Gasteiger partial charge in [-0.1, -0.05) is 12.1 Å². The molecular formula is C12H11FO2. The minimum absolute atomic E-state index is 0.0851. The molecule has 0 fully saturated rings. The second kappa shape index (κ2) is 4.26. The lowest BCUT2D eigenvalue weighted by molar-refractivity contribution is -0.117. The van der Waals surface area contributed by atoms with Crippen molar-refractivity contribution in [1.29, 1.82) is 0 Å². The third kappa shape index (κ3) is 2.43.